The van der Waals surface area contributed by atoms with Gasteiger partial charge in [-0.05, 0) is 31.2 Å². The smallest absolute Gasteiger partial charge is 0.309 e. The largest absolute Gasteiger partial charge is 0.466 e. The van der Waals surface area contributed by atoms with Crippen LogP contribution in [0, 0.1) is 5.92 Å². The molecule has 0 bridgehead atoms. The number of ether oxygens (including phenoxy) is 2. The third kappa shape index (κ3) is 6.67. The van der Waals surface area contributed by atoms with E-state index >= 15 is 0 Å². The Bertz CT molecular complexity index is 653. The first kappa shape index (κ1) is 20.9. The zero-order valence-electron chi connectivity index (χ0n) is 15.3. The van der Waals surface area contributed by atoms with Gasteiger partial charge >= 0.3 is 11.9 Å². The maximum atomic E-state index is 12.1. The molecule has 0 radical (unpaired) electrons. The fourth-order valence-corrected chi connectivity index (χ4v) is 3.34. The summed E-state index contributed by atoms with van der Waals surface area (Å²) in [5, 5.41) is 6.14. The molecular formula is C18H24N2O6S. The minimum absolute atomic E-state index is 0.00586. The summed E-state index contributed by atoms with van der Waals surface area (Å²) in [5.41, 5.74) is 0.551. The number of piperidine rings is 1. The molecule has 8 nitrogen and oxygen atoms in total. The van der Waals surface area contributed by atoms with Crippen LogP contribution in [-0.2, 0) is 23.9 Å². The number of likely N-dealkylation sites (tertiary alicyclic amines) is 1. The zero-order valence-corrected chi connectivity index (χ0v) is 16.1. The van der Waals surface area contributed by atoms with E-state index in [9.17, 15) is 19.2 Å². The number of hydrogen-bond donors (Lipinski definition) is 1. The maximum Gasteiger partial charge on any atom is 0.309 e. The van der Waals surface area contributed by atoms with E-state index in [1.54, 1.807) is 28.7 Å². The van der Waals surface area contributed by atoms with Crippen molar-refractivity contribution in [2.45, 2.75) is 26.2 Å². The molecule has 0 aromatic carbocycles. The van der Waals surface area contributed by atoms with Crippen molar-refractivity contribution in [2.24, 2.45) is 5.92 Å². The van der Waals surface area contributed by atoms with Gasteiger partial charge in [0.15, 0.2) is 6.61 Å². The average molecular weight is 396 g/mol. The molecule has 1 fully saturated rings. The van der Waals surface area contributed by atoms with Crippen LogP contribution in [0.2, 0.25) is 0 Å². The Balaban J connectivity index is 1.60. The Morgan fingerprint density at radius 2 is 1.96 bits per heavy atom. The van der Waals surface area contributed by atoms with E-state index in [-0.39, 0.29) is 43.3 Å². The van der Waals surface area contributed by atoms with E-state index in [4.69, 9.17) is 9.47 Å². The summed E-state index contributed by atoms with van der Waals surface area (Å²) in [6.07, 6.45) is 1.09. The summed E-state index contributed by atoms with van der Waals surface area (Å²) in [7, 11) is 0. The van der Waals surface area contributed by atoms with Gasteiger partial charge in [0.25, 0.3) is 11.8 Å². The molecule has 0 atom stereocenters. The van der Waals surface area contributed by atoms with Crippen molar-refractivity contribution >= 4 is 35.1 Å². The van der Waals surface area contributed by atoms with Crippen LogP contribution >= 0.6 is 11.3 Å². The van der Waals surface area contributed by atoms with Crippen LogP contribution in [-0.4, -0.2) is 61.5 Å². The Labute approximate surface area is 161 Å². The number of carbonyl (C=O) groups is 4. The zero-order chi connectivity index (χ0) is 19.6. The highest BCUT2D eigenvalue weighted by atomic mass is 32.1. The number of hydrogen-bond acceptors (Lipinski definition) is 7. The van der Waals surface area contributed by atoms with Gasteiger partial charge < -0.3 is 19.7 Å². The van der Waals surface area contributed by atoms with Crippen LogP contribution in [0.4, 0.5) is 0 Å². The number of esters is 2. The van der Waals surface area contributed by atoms with Crippen molar-refractivity contribution < 1.29 is 28.7 Å². The minimum atomic E-state index is -0.546. The van der Waals surface area contributed by atoms with E-state index in [1.165, 1.54) is 11.3 Å². The first-order valence-corrected chi connectivity index (χ1v) is 9.86. The lowest BCUT2D eigenvalue weighted by atomic mass is 9.97. The monoisotopic (exact) mass is 396 g/mol. The van der Waals surface area contributed by atoms with Crippen LogP contribution in [0.15, 0.2) is 16.8 Å². The van der Waals surface area contributed by atoms with Gasteiger partial charge in [0.05, 0.1) is 18.9 Å². The highest BCUT2D eigenvalue weighted by Gasteiger charge is 2.28. The van der Waals surface area contributed by atoms with Crippen molar-refractivity contribution in [1.29, 1.82) is 0 Å². The number of carbonyl (C=O) groups excluding carboxylic acids is 4. The molecule has 2 rings (SSSR count). The van der Waals surface area contributed by atoms with Crippen LogP contribution in [0.1, 0.15) is 36.5 Å². The molecule has 1 aromatic heterocycles. The second-order valence-electron chi connectivity index (χ2n) is 6.09. The predicted molar refractivity (Wildman–Crippen MR) is 98.2 cm³/mol. The Morgan fingerprint density at radius 3 is 2.59 bits per heavy atom. The predicted octanol–water partition coefficient (Wildman–Crippen LogP) is 1.21. The van der Waals surface area contributed by atoms with Gasteiger partial charge in [0.2, 0.25) is 0 Å². The second-order valence-corrected chi connectivity index (χ2v) is 6.87. The van der Waals surface area contributed by atoms with Gasteiger partial charge in [-0.3, -0.25) is 19.2 Å². The number of nitrogens with one attached hydrogen (secondary N) is 1. The third-order valence-electron chi connectivity index (χ3n) is 4.22. The van der Waals surface area contributed by atoms with E-state index in [1.807, 2.05) is 0 Å². The van der Waals surface area contributed by atoms with Gasteiger partial charge in [-0.25, -0.2) is 0 Å². The van der Waals surface area contributed by atoms with Crippen molar-refractivity contribution in [3.63, 3.8) is 0 Å². The third-order valence-corrected chi connectivity index (χ3v) is 4.91. The molecule has 0 saturated carbocycles. The van der Waals surface area contributed by atoms with Crippen molar-refractivity contribution in [1.82, 2.24) is 10.2 Å². The lowest BCUT2D eigenvalue weighted by Crippen LogP contribution is -2.42. The molecular weight excluding hydrogens is 372 g/mol. The molecule has 0 spiro atoms. The molecule has 1 saturated heterocycles. The lowest BCUT2D eigenvalue weighted by Gasteiger charge is -2.30. The molecule has 1 aromatic rings. The second kappa shape index (κ2) is 10.7. The first-order chi connectivity index (χ1) is 13.0. The Morgan fingerprint density at radius 1 is 1.22 bits per heavy atom. The molecule has 2 amide bonds. The standard InChI is InChI=1S/C18H24N2O6S/c1-2-25-18(24)13-4-8-20(9-5-13)15(21)11-26-16(22)3-7-19-17(23)14-6-10-27-12-14/h6,10,12-13H,2-5,7-9,11H2,1H3,(H,19,23). The van der Waals surface area contributed by atoms with Gasteiger partial charge in [0.1, 0.15) is 0 Å². The molecule has 1 N–H and O–H groups in total. The number of rotatable bonds is 8. The summed E-state index contributed by atoms with van der Waals surface area (Å²) >= 11 is 1.42. The van der Waals surface area contributed by atoms with Crippen LogP contribution in [0.25, 0.3) is 0 Å². The summed E-state index contributed by atoms with van der Waals surface area (Å²) in [5.74, 6) is -1.48. The van der Waals surface area contributed by atoms with Crippen molar-refractivity contribution in [2.75, 3.05) is 32.8 Å². The molecule has 27 heavy (non-hydrogen) atoms. The van der Waals surface area contributed by atoms with Gasteiger partial charge in [-0.15, -0.1) is 0 Å². The van der Waals surface area contributed by atoms with E-state index in [0.717, 1.165) is 0 Å². The van der Waals surface area contributed by atoms with Crippen LogP contribution in [0.5, 0.6) is 0 Å². The number of amides is 2. The molecule has 1 aliphatic rings. The highest BCUT2D eigenvalue weighted by molar-refractivity contribution is 7.08. The normalized spacial score (nSPS) is 14.5. The Kier molecular flexibility index (Phi) is 8.25. The quantitative estimate of drug-likeness (QED) is 0.663. The number of nitrogens with zero attached hydrogens (tertiary/aromatic N) is 1. The Hall–Kier alpha value is -2.42. The van der Waals surface area contributed by atoms with E-state index in [2.05, 4.69) is 5.32 Å². The maximum absolute atomic E-state index is 12.1. The SMILES string of the molecule is CCOC(=O)C1CCN(C(=O)COC(=O)CCNC(=O)c2ccsc2)CC1. The molecule has 9 heteroatoms. The highest BCUT2D eigenvalue weighted by Crippen LogP contribution is 2.18. The lowest BCUT2D eigenvalue weighted by molar-refractivity contribution is -0.154. The van der Waals surface area contributed by atoms with E-state index in [0.29, 0.717) is 38.1 Å². The minimum Gasteiger partial charge on any atom is -0.466 e. The van der Waals surface area contributed by atoms with Crippen LogP contribution < -0.4 is 5.32 Å². The molecule has 0 aliphatic carbocycles. The number of thiophene rings is 1. The summed E-state index contributed by atoms with van der Waals surface area (Å²) in [6.45, 7) is 2.81. The van der Waals surface area contributed by atoms with Gasteiger partial charge in [0, 0.05) is 30.6 Å². The van der Waals surface area contributed by atoms with Gasteiger partial charge in [-0.2, -0.15) is 11.3 Å². The first-order valence-electron chi connectivity index (χ1n) is 8.91. The topological polar surface area (TPSA) is 102 Å². The van der Waals surface area contributed by atoms with Crippen LogP contribution in [0.3, 0.4) is 0 Å². The summed E-state index contributed by atoms with van der Waals surface area (Å²) < 4.78 is 9.96. The fraction of sp³-hybridized carbons (Fsp3) is 0.556. The summed E-state index contributed by atoms with van der Waals surface area (Å²) in [6, 6.07) is 1.70. The van der Waals surface area contributed by atoms with Gasteiger partial charge in [-0.1, -0.05) is 0 Å². The van der Waals surface area contributed by atoms with E-state index < -0.39 is 5.97 Å². The molecule has 2 heterocycles. The molecule has 148 valence electrons. The average Bonchev–Trinajstić information content (AvgIpc) is 3.21. The molecule has 0 unspecified atom stereocenters. The van der Waals surface area contributed by atoms with Crippen molar-refractivity contribution in [3.05, 3.63) is 22.4 Å². The molecule has 1 aliphatic heterocycles. The fourth-order valence-electron chi connectivity index (χ4n) is 2.70. The van der Waals surface area contributed by atoms with Crippen molar-refractivity contribution in [3.8, 4) is 0 Å². The summed E-state index contributed by atoms with van der Waals surface area (Å²) in [4.78, 5) is 48.8.